The molecule has 1 saturated carbocycles. The molecule has 0 saturated heterocycles. The molecule has 1 N–H and O–H groups in total. The van der Waals surface area contributed by atoms with Crippen molar-refractivity contribution in [3.63, 3.8) is 0 Å². The molecule has 0 aliphatic heterocycles. The van der Waals surface area contributed by atoms with E-state index in [-0.39, 0.29) is 10.6 Å². The fraction of sp³-hybridized carbons (Fsp3) is 0.400. The van der Waals surface area contributed by atoms with Gasteiger partial charge < -0.3 is 9.73 Å². The molecule has 110 valence electrons. The van der Waals surface area contributed by atoms with E-state index in [1.165, 1.54) is 18.9 Å². The summed E-state index contributed by atoms with van der Waals surface area (Å²) in [6.07, 6.45) is 4.75. The van der Waals surface area contributed by atoms with Gasteiger partial charge in [-0.15, -0.1) is 0 Å². The van der Waals surface area contributed by atoms with Crippen LogP contribution < -0.4 is 5.32 Å². The molecule has 0 unspecified atom stereocenters. The van der Waals surface area contributed by atoms with Crippen LogP contribution in [-0.4, -0.2) is 22.5 Å². The van der Waals surface area contributed by atoms with E-state index in [1.807, 2.05) is 13.0 Å². The highest BCUT2D eigenvalue weighted by Crippen LogP contribution is 2.33. The molecule has 1 aromatic heterocycles. The summed E-state index contributed by atoms with van der Waals surface area (Å²) < 4.78 is 5.69. The average molecular weight is 287 g/mol. The molecule has 0 radical (unpaired) electrons. The number of nitro benzene ring substituents is 1. The van der Waals surface area contributed by atoms with Gasteiger partial charge in [0.1, 0.15) is 0 Å². The van der Waals surface area contributed by atoms with Crippen molar-refractivity contribution in [2.45, 2.75) is 32.2 Å². The second-order valence-electron chi connectivity index (χ2n) is 5.32. The molecule has 2 aromatic rings. The molecule has 1 aliphatic carbocycles. The highest BCUT2D eigenvalue weighted by atomic mass is 16.6. The maximum absolute atomic E-state index is 11.1. The highest BCUT2D eigenvalue weighted by molar-refractivity contribution is 5.72. The molecule has 6 nitrogen and oxygen atoms in total. The van der Waals surface area contributed by atoms with Crippen molar-refractivity contribution in [2.75, 3.05) is 6.54 Å². The molecule has 1 aromatic carbocycles. The molecular formula is C15H17N3O3. The first-order chi connectivity index (χ1) is 10.1. The van der Waals surface area contributed by atoms with Crippen LogP contribution in [-0.2, 0) is 6.42 Å². The fourth-order valence-corrected chi connectivity index (χ4v) is 2.34. The van der Waals surface area contributed by atoms with Crippen molar-refractivity contribution in [2.24, 2.45) is 0 Å². The second-order valence-corrected chi connectivity index (χ2v) is 5.32. The summed E-state index contributed by atoms with van der Waals surface area (Å²) >= 11 is 0. The third-order valence-corrected chi connectivity index (χ3v) is 3.60. The standard InChI is InChI=1S/C15H17N3O3/c1-10-3-2-4-12(18(19)20)15(10)13-9-17-14(21-13)7-8-16-11-5-6-11/h2-4,9,11,16H,5-8H2,1H3. The van der Waals surface area contributed by atoms with E-state index in [1.54, 1.807) is 12.3 Å². The van der Waals surface area contributed by atoms with E-state index in [0.717, 1.165) is 12.1 Å². The van der Waals surface area contributed by atoms with E-state index >= 15 is 0 Å². The summed E-state index contributed by atoms with van der Waals surface area (Å²) in [6, 6.07) is 5.64. The van der Waals surface area contributed by atoms with Crippen LogP contribution in [0.3, 0.4) is 0 Å². The fourth-order valence-electron chi connectivity index (χ4n) is 2.34. The third kappa shape index (κ3) is 3.11. The van der Waals surface area contributed by atoms with Crippen molar-refractivity contribution < 1.29 is 9.34 Å². The van der Waals surface area contributed by atoms with Gasteiger partial charge in [0.2, 0.25) is 0 Å². The Morgan fingerprint density at radius 3 is 3.00 bits per heavy atom. The van der Waals surface area contributed by atoms with Crippen molar-refractivity contribution >= 4 is 5.69 Å². The quantitative estimate of drug-likeness (QED) is 0.652. The third-order valence-electron chi connectivity index (χ3n) is 3.60. The predicted octanol–water partition coefficient (Wildman–Crippen LogP) is 2.85. The molecule has 1 heterocycles. The number of aryl methyl sites for hydroxylation is 1. The lowest BCUT2D eigenvalue weighted by molar-refractivity contribution is -0.384. The van der Waals surface area contributed by atoms with Gasteiger partial charge in [-0.3, -0.25) is 10.1 Å². The van der Waals surface area contributed by atoms with Crippen LogP contribution in [0, 0.1) is 17.0 Å². The summed E-state index contributed by atoms with van der Waals surface area (Å²) in [5.74, 6) is 1.07. The lowest BCUT2D eigenvalue weighted by atomic mass is 10.1. The normalized spacial score (nSPS) is 14.3. The van der Waals surface area contributed by atoms with Gasteiger partial charge in [0.15, 0.2) is 11.7 Å². The van der Waals surface area contributed by atoms with E-state index < -0.39 is 0 Å². The minimum atomic E-state index is -0.390. The minimum absolute atomic E-state index is 0.0498. The Balaban J connectivity index is 1.80. The summed E-state index contributed by atoms with van der Waals surface area (Å²) in [6.45, 7) is 2.65. The van der Waals surface area contributed by atoms with Gasteiger partial charge in [0.25, 0.3) is 5.69 Å². The van der Waals surface area contributed by atoms with E-state index in [2.05, 4.69) is 10.3 Å². The summed E-state index contributed by atoms with van der Waals surface area (Å²) in [5.41, 5.74) is 1.37. The van der Waals surface area contributed by atoms with E-state index in [9.17, 15) is 10.1 Å². The average Bonchev–Trinajstić information content (AvgIpc) is 3.16. The van der Waals surface area contributed by atoms with Crippen LogP contribution >= 0.6 is 0 Å². The number of rotatable bonds is 6. The Bertz CT molecular complexity index is 662. The first-order valence-electron chi connectivity index (χ1n) is 7.07. The lowest BCUT2D eigenvalue weighted by Crippen LogP contribution is -2.19. The Morgan fingerprint density at radius 2 is 2.29 bits per heavy atom. The Kier molecular flexibility index (Phi) is 3.70. The Morgan fingerprint density at radius 1 is 1.48 bits per heavy atom. The zero-order valence-corrected chi connectivity index (χ0v) is 11.8. The van der Waals surface area contributed by atoms with Crippen LogP contribution in [0.15, 0.2) is 28.8 Å². The van der Waals surface area contributed by atoms with Crippen LogP contribution in [0.2, 0.25) is 0 Å². The molecule has 3 rings (SSSR count). The van der Waals surface area contributed by atoms with Gasteiger partial charge in [-0.1, -0.05) is 12.1 Å². The highest BCUT2D eigenvalue weighted by Gasteiger charge is 2.22. The first kappa shape index (κ1) is 13.8. The molecule has 0 amide bonds. The number of oxazole rings is 1. The topological polar surface area (TPSA) is 81.2 Å². The zero-order chi connectivity index (χ0) is 14.8. The van der Waals surface area contributed by atoms with Gasteiger partial charge >= 0.3 is 0 Å². The number of nitrogens with zero attached hydrogens (tertiary/aromatic N) is 2. The van der Waals surface area contributed by atoms with Crippen LogP contribution in [0.4, 0.5) is 5.69 Å². The maximum atomic E-state index is 11.1. The monoisotopic (exact) mass is 287 g/mol. The number of benzene rings is 1. The lowest BCUT2D eigenvalue weighted by Gasteiger charge is -2.03. The van der Waals surface area contributed by atoms with Gasteiger partial charge in [0.05, 0.1) is 16.7 Å². The van der Waals surface area contributed by atoms with Crippen molar-refractivity contribution in [1.82, 2.24) is 10.3 Å². The maximum Gasteiger partial charge on any atom is 0.280 e. The number of hydrogen-bond acceptors (Lipinski definition) is 5. The van der Waals surface area contributed by atoms with Crippen molar-refractivity contribution in [3.05, 3.63) is 46.0 Å². The molecule has 21 heavy (non-hydrogen) atoms. The first-order valence-corrected chi connectivity index (χ1v) is 7.07. The minimum Gasteiger partial charge on any atom is -0.440 e. The molecule has 0 bridgehead atoms. The van der Waals surface area contributed by atoms with Crippen LogP contribution in [0.5, 0.6) is 0 Å². The second kappa shape index (κ2) is 5.65. The number of nitrogens with one attached hydrogen (secondary N) is 1. The smallest absolute Gasteiger partial charge is 0.280 e. The Labute approximate surface area is 122 Å². The van der Waals surface area contributed by atoms with Crippen LogP contribution in [0.25, 0.3) is 11.3 Å². The summed E-state index contributed by atoms with van der Waals surface area (Å²) in [5, 5.41) is 14.5. The van der Waals surface area contributed by atoms with Gasteiger partial charge in [-0.2, -0.15) is 0 Å². The van der Waals surface area contributed by atoms with Gasteiger partial charge in [-0.05, 0) is 25.3 Å². The SMILES string of the molecule is Cc1cccc([N+](=O)[O-])c1-c1cnc(CCNC2CC2)o1. The largest absolute Gasteiger partial charge is 0.440 e. The Hall–Kier alpha value is -2.21. The molecule has 1 aliphatic rings. The van der Waals surface area contributed by atoms with Crippen molar-refractivity contribution in [3.8, 4) is 11.3 Å². The summed E-state index contributed by atoms with van der Waals surface area (Å²) in [4.78, 5) is 15.0. The number of hydrogen-bond donors (Lipinski definition) is 1. The van der Waals surface area contributed by atoms with Crippen LogP contribution in [0.1, 0.15) is 24.3 Å². The molecule has 0 atom stereocenters. The molecule has 1 fully saturated rings. The number of nitro groups is 1. The molecular weight excluding hydrogens is 270 g/mol. The zero-order valence-electron chi connectivity index (χ0n) is 11.8. The molecule has 0 spiro atoms. The molecule has 6 heteroatoms. The predicted molar refractivity (Wildman–Crippen MR) is 78.1 cm³/mol. The summed E-state index contributed by atoms with van der Waals surface area (Å²) in [7, 11) is 0. The van der Waals surface area contributed by atoms with Crippen molar-refractivity contribution in [1.29, 1.82) is 0 Å². The number of aromatic nitrogens is 1. The van der Waals surface area contributed by atoms with E-state index in [0.29, 0.717) is 29.7 Å². The van der Waals surface area contributed by atoms with Gasteiger partial charge in [0, 0.05) is 25.1 Å². The van der Waals surface area contributed by atoms with E-state index in [4.69, 9.17) is 4.42 Å². The van der Waals surface area contributed by atoms with Gasteiger partial charge in [-0.25, -0.2) is 4.98 Å².